The lowest BCUT2D eigenvalue weighted by atomic mass is 9.76. The molecule has 0 radical (unpaired) electrons. The van der Waals surface area contributed by atoms with Gasteiger partial charge in [0.15, 0.2) is 11.5 Å². The Balaban J connectivity index is 1.33. The summed E-state index contributed by atoms with van der Waals surface area (Å²) in [5.74, 6) is 0.0612. The first-order valence-corrected chi connectivity index (χ1v) is 16.3. The number of phenols is 1. The fourth-order valence-corrected chi connectivity index (χ4v) is 6.65. The topological polar surface area (TPSA) is 131 Å². The standard InChI is InChI=1S/C37H46N2O7/c1-7-36(3,4)22-10-17-30(28(20-22)37(5,6)8-2)45-19-9-18-38-35(42)32-31-26-16-15-25(33(26)41)27(31)21-29(40)34(32)46-24-13-11-23(12-14-24)39(43)44/h10-14,17,20-21,25-26,33,40-41H,7-9,15-16,18-19H2,1-6H3,(H,38,42). The van der Waals surface area contributed by atoms with Crippen molar-refractivity contribution in [3.8, 4) is 23.0 Å². The molecule has 5 rings (SSSR count). The second kappa shape index (κ2) is 12.9. The Labute approximate surface area is 271 Å². The van der Waals surface area contributed by atoms with Crippen LogP contribution in [-0.4, -0.2) is 40.3 Å². The van der Waals surface area contributed by atoms with Gasteiger partial charge in [0.1, 0.15) is 11.5 Å². The number of non-ortho nitro benzene ring substituents is 1. The molecular formula is C37H46N2O7. The van der Waals surface area contributed by atoms with Gasteiger partial charge in [-0.2, -0.15) is 0 Å². The lowest BCUT2D eigenvalue weighted by molar-refractivity contribution is -0.384. The number of rotatable bonds is 13. The van der Waals surface area contributed by atoms with Gasteiger partial charge < -0.3 is 25.0 Å². The summed E-state index contributed by atoms with van der Waals surface area (Å²) in [5.41, 5.74) is 4.03. The van der Waals surface area contributed by atoms with E-state index >= 15 is 0 Å². The number of hydrogen-bond acceptors (Lipinski definition) is 7. The van der Waals surface area contributed by atoms with Crippen molar-refractivity contribution in [2.75, 3.05) is 13.2 Å². The number of amides is 1. The number of nitro groups is 1. The first-order valence-electron chi connectivity index (χ1n) is 16.3. The highest BCUT2D eigenvalue weighted by Gasteiger charge is 2.48. The van der Waals surface area contributed by atoms with E-state index in [4.69, 9.17) is 9.47 Å². The molecule has 0 saturated heterocycles. The molecule has 1 amide bonds. The molecule has 3 N–H and O–H groups in total. The van der Waals surface area contributed by atoms with Crippen LogP contribution in [0.1, 0.15) is 118 Å². The first kappa shape index (κ1) is 33.3. The number of aliphatic hydroxyl groups excluding tert-OH is 1. The van der Waals surface area contributed by atoms with Crippen LogP contribution in [0.15, 0.2) is 48.5 Å². The Kier molecular flexibility index (Phi) is 9.36. The molecule has 3 aromatic rings. The molecule has 46 heavy (non-hydrogen) atoms. The smallest absolute Gasteiger partial charge is 0.269 e. The third-order valence-corrected chi connectivity index (χ3v) is 10.3. The predicted octanol–water partition coefficient (Wildman–Crippen LogP) is 8.00. The monoisotopic (exact) mass is 630 g/mol. The van der Waals surface area contributed by atoms with Gasteiger partial charge in [-0.1, -0.05) is 53.7 Å². The molecule has 2 aliphatic rings. The highest BCUT2D eigenvalue weighted by Crippen LogP contribution is 2.57. The molecule has 0 heterocycles. The van der Waals surface area contributed by atoms with E-state index in [-0.39, 0.29) is 51.2 Å². The van der Waals surface area contributed by atoms with Gasteiger partial charge in [0.2, 0.25) is 0 Å². The van der Waals surface area contributed by atoms with Crippen molar-refractivity contribution >= 4 is 11.6 Å². The Morgan fingerprint density at radius 2 is 1.67 bits per heavy atom. The molecule has 9 nitrogen and oxygen atoms in total. The van der Waals surface area contributed by atoms with Gasteiger partial charge in [-0.05, 0) is 83.9 Å². The van der Waals surface area contributed by atoms with E-state index in [0.717, 1.165) is 37.0 Å². The van der Waals surface area contributed by atoms with Gasteiger partial charge in [-0.25, -0.2) is 0 Å². The van der Waals surface area contributed by atoms with E-state index in [9.17, 15) is 25.1 Å². The van der Waals surface area contributed by atoms with E-state index in [2.05, 4.69) is 65.1 Å². The minimum Gasteiger partial charge on any atom is -0.504 e. The molecule has 9 heteroatoms. The maximum Gasteiger partial charge on any atom is 0.269 e. The number of aliphatic hydroxyl groups is 1. The number of ether oxygens (including phenoxy) is 2. The quantitative estimate of drug-likeness (QED) is 0.0991. The maximum atomic E-state index is 13.8. The van der Waals surface area contributed by atoms with Crippen molar-refractivity contribution in [3.63, 3.8) is 0 Å². The molecular weight excluding hydrogens is 584 g/mol. The zero-order valence-electron chi connectivity index (χ0n) is 27.7. The molecule has 1 saturated carbocycles. The normalized spacial score (nSPS) is 18.7. The van der Waals surface area contributed by atoms with E-state index in [1.807, 2.05) is 0 Å². The third kappa shape index (κ3) is 6.30. The summed E-state index contributed by atoms with van der Waals surface area (Å²) in [6.45, 7) is 14.1. The molecule has 2 aliphatic carbocycles. The highest BCUT2D eigenvalue weighted by atomic mass is 16.6. The van der Waals surface area contributed by atoms with E-state index < -0.39 is 16.9 Å². The predicted molar refractivity (Wildman–Crippen MR) is 178 cm³/mol. The van der Waals surface area contributed by atoms with Gasteiger partial charge in [-0.3, -0.25) is 14.9 Å². The SMILES string of the molecule is CCC(C)(C)c1ccc(OCCCNC(=O)c2c(Oc3ccc([N+](=O)[O-])cc3)c(O)cc3c2C2CCC3C2O)c(C(C)(C)CC)c1. The van der Waals surface area contributed by atoms with Crippen molar-refractivity contribution in [2.45, 2.75) is 102 Å². The molecule has 0 spiro atoms. The van der Waals surface area contributed by atoms with Crippen molar-refractivity contribution in [3.05, 3.63) is 86.5 Å². The summed E-state index contributed by atoms with van der Waals surface area (Å²) < 4.78 is 12.3. The summed E-state index contributed by atoms with van der Waals surface area (Å²) in [5, 5.41) is 36.0. The van der Waals surface area contributed by atoms with Gasteiger partial charge in [0.05, 0.1) is 23.2 Å². The Hall–Kier alpha value is -4.11. The fraction of sp³-hybridized carbons (Fsp3) is 0.486. The number of fused-ring (bicyclic) bond motifs is 5. The largest absolute Gasteiger partial charge is 0.504 e. The van der Waals surface area contributed by atoms with E-state index in [0.29, 0.717) is 25.1 Å². The summed E-state index contributed by atoms with van der Waals surface area (Å²) >= 11 is 0. The Morgan fingerprint density at radius 3 is 2.33 bits per heavy atom. The lowest BCUT2D eigenvalue weighted by Gasteiger charge is -2.30. The van der Waals surface area contributed by atoms with Crippen LogP contribution in [0.2, 0.25) is 0 Å². The van der Waals surface area contributed by atoms with E-state index in [1.165, 1.54) is 35.4 Å². The zero-order valence-corrected chi connectivity index (χ0v) is 27.7. The van der Waals surface area contributed by atoms with Crippen LogP contribution in [-0.2, 0) is 10.8 Å². The zero-order chi connectivity index (χ0) is 33.4. The molecule has 0 aliphatic heterocycles. The van der Waals surface area contributed by atoms with Gasteiger partial charge >= 0.3 is 0 Å². The van der Waals surface area contributed by atoms with Crippen LogP contribution in [0.3, 0.4) is 0 Å². The lowest BCUT2D eigenvalue weighted by Crippen LogP contribution is -2.28. The number of carbonyl (C=O) groups is 1. The number of nitro benzene ring substituents is 1. The molecule has 0 aromatic heterocycles. The summed E-state index contributed by atoms with van der Waals surface area (Å²) in [7, 11) is 0. The summed E-state index contributed by atoms with van der Waals surface area (Å²) in [6, 6.07) is 13.5. The number of nitrogens with zero attached hydrogens (tertiary/aromatic N) is 1. The van der Waals surface area contributed by atoms with Gasteiger partial charge in [0.25, 0.3) is 11.6 Å². The van der Waals surface area contributed by atoms with Crippen molar-refractivity contribution in [2.24, 2.45) is 0 Å². The van der Waals surface area contributed by atoms with Crippen molar-refractivity contribution in [1.82, 2.24) is 5.32 Å². The van der Waals surface area contributed by atoms with Gasteiger partial charge in [0, 0.05) is 36.1 Å². The summed E-state index contributed by atoms with van der Waals surface area (Å²) in [4.78, 5) is 24.4. The second-order valence-corrected chi connectivity index (χ2v) is 13.9. The maximum absolute atomic E-state index is 13.8. The second-order valence-electron chi connectivity index (χ2n) is 13.9. The van der Waals surface area contributed by atoms with Gasteiger partial charge in [-0.15, -0.1) is 0 Å². The van der Waals surface area contributed by atoms with Crippen LogP contribution < -0.4 is 14.8 Å². The highest BCUT2D eigenvalue weighted by molar-refractivity contribution is 6.00. The Bertz CT molecular complexity index is 1610. The average Bonchev–Trinajstić information content (AvgIpc) is 3.53. The third-order valence-electron chi connectivity index (χ3n) is 10.3. The minimum absolute atomic E-state index is 0.0253. The van der Waals surface area contributed by atoms with Crippen LogP contribution in [0.5, 0.6) is 23.0 Å². The number of aromatic hydroxyl groups is 1. The number of benzene rings is 3. The molecule has 3 aromatic carbocycles. The van der Waals surface area contributed by atoms with Crippen molar-refractivity contribution in [1.29, 1.82) is 0 Å². The summed E-state index contributed by atoms with van der Waals surface area (Å²) in [6.07, 6.45) is 3.44. The first-order chi connectivity index (χ1) is 21.8. The molecule has 3 unspecified atom stereocenters. The number of carbonyl (C=O) groups excluding carboxylic acids is 1. The number of nitrogens with one attached hydrogen (secondary N) is 1. The van der Waals surface area contributed by atoms with Crippen LogP contribution >= 0.6 is 0 Å². The van der Waals surface area contributed by atoms with Crippen molar-refractivity contribution < 1.29 is 29.4 Å². The molecule has 2 bridgehead atoms. The molecule has 3 atom stereocenters. The number of phenolic OH excluding ortho intramolecular Hbond substituents is 1. The van der Waals surface area contributed by atoms with Crippen LogP contribution in [0, 0.1) is 10.1 Å². The molecule has 1 fully saturated rings. The number of hydrogen-bond donors (Lipinski definition) is 3. The van der Waals surface area contributed by atoms with E-state index in [1.54, 1.807) is 6.07 Å². The molecule has 246 valence electrons. The minimum atomic E-state index is -0.625. The fourth-order valence-electron chi connectivity index (χ4n) is 6.65. The average molecular weight is 631 g/mol. The van der Waals surface area contributed by atoms with Crippen LogP contribution in [0.25, 0.3) is 0 Å². The Morgan fingerprint density at radius 1 is 1.00 bits per heavy atom. The van der Waals surface area contributed by atoms with Crippen LogP contribution in [0.4, 0.5) is 5.69 Å².